The molecule has 0 saturated carbocycles. The van der Waals surface area contributed by atoms with Gasteiger partial charge in [0.2, 0.25) is 0 Å². The number of carboxylic acid groups (broad SMARTS) is 1. The number of halogens is 5. The number of ether oxygens (including phenoxy) is 1. The van der Waals surface area contributed by atoms with Crippen LogP contribution >= 0.6 is 58.1 Å². The highest BCUT2D eigenvalue weighted by molar-refractivity contribution is 9.10. The maximum atomic E-state index is 12.6. The van der Waals surface area contributed by atoms with Gasteiger partial charge in [-0.05, 0) is 68.7 Å². The average molecular weight is 694 g/mol. The van der Waals surface area contributed by atoms with E-state index < -0.39 is 26.3 Å². The molecule has 0 aliphatic carbocycles. The Morgan fingerprint density at radius 2 is 1.77 bits per heavy atom. The minimum atomic E-state index is -4.56. The van der Waals surface area contributed by atoms with Gasteiger partial charge in [0.25, 0.3) is 0 Å². The second-order valence-electron chi connectivity index (χ2n) is 8.24. The molecule has 8 nitrogen and oxygen atoms in total. The summed E-state index contributed by atoms with van der Waals surface area (Å²) in [7, 11) is -4.56. The van der Waals surface area contributed by atoms with Crippen LogP contribution in [-0.2, 0) is 31.5 Å². The van der Waals surface area contributed by atoms with Crippen LogP contribution in [0.2, 0.25) is 10.0 Å². The Balaban J connectivity index is 1.63. The molecule has 0 unspecified atom stereocenters. The highest BCUT2D eigenvalue weighted by Gasteiger charge is 2.29. The van der Waals surface area contributed by atoms with Gasteiger partial charge in [0.15, 0.2) is 11.7 Å². The molecule has 1 aromatic heterocycles. The Morgan fingerprint density at radius 3 is 2.40 bits per heavy atom. The van der Waals surface area contributed by atoms with Crippen LogP contribution in [0.4, 0.5) is 19.9 Å². The van der Waals surface area contributed by atoms with E-state index in [1.807, 2.05) is 10.3 Å². The molecule has 0 spiro atoms. The molecule has 0 aliphatic heterocycles. The van der Waals surface area contributed by atoms with Gasteiger partial charge in [-0.15, -0.1) is 20.8 Å². The largest absolute Gasteiger partial charge is 0.482 e. The van der Waals surface area contributed by atoms with Crippen LogP contribution in [0.5, 0.6) is 5.75 Å². The molecular weight excluding hydrogens is 676 g/mol. The topological polar surface area (TPSA) is 98.2 Å². The lowest BCUT2D eigenvalue weighted by molar-refractivity contribution is -0.139. The molecule has 1 heterocycles. The second-order valence-corrected chi connectivity index (χ2v) is 12.6. The summed E-state index contributed by atoms with van der Waals surface area (Å²) in [6.45, 7) is -0.134. The summed E-state index contributed by atoms with van der Waals surface area (Å²) in [5.41, 5.74) is 3.26. The second kappa shape index (κ2) is 13.4. The Kier molecular flexibility index (Phi) is 10.2. The zero-order chi connectivity index (χ0) is 28.9. The first-order chi connectivity index (χ1) is 19.1. The van der Waals surface area contributed by atoms with E-state index in [-0.39, 0.29) is 0 Å². The third-order valence-electron chi connectivity index (χ3n) is 5.48. The van der Waals surface area contributed by atoms with Gasteiger partial charge in [0.05, 0.1) is 28.4 Å². The first kappa shape index (κ1) is 30.4. The third-order valence-corrected chi connectivity index (χ3v) is 8.97. The summed E-state index contributed by atoms with van der Waals surface area (Å²) in [6.07, 6.45) is -0.618. The molecule has 0 radical (unpaired) electrons. The van der Waals surface area contributed by atoms with E-state index in [0.29, 0.717) is 48.9 Å². The fraction of sp³-hybridized carbons (Fsp3) is 0.120. The number of aromatic nitrogens is 1. The van der Waals surface area contributed by atoms with Crippen LogP contribution in [0.3, 0.4) is 0 Å². The van der Waals surface area contributed by atoms with Crippen molar-refractivity contribution in [2.24, 2.45) is 0 Å². The number of hydrogen-bond acceptors (Lipinski definition) is 8. The van der Waals surface area contributed by atoms with Crippen molar-refractivity contribution < 1.29 is 37.7 Å². The molecular formula is C25H18BrCl2F2N2O6PS. The number of anilines is 2. The molecule has 3 aromatic carbocycles. The highest BCUT2D eigenvalue weighted by atomic mass is 79.9. The number of nitrogens with zero attached hydrogens (tertiary/aromatic N) is 2. The van der Waals surface area contributed by atoms with Crippen LogP contribution in [0.1, 0.15) is 11.1 Å². The normalized spacial score (nSPS) is 11.4. The monoisotopic (exact) mass is 692 g/mol. The van der Waals surface area contributed by atoms with E-state index in [1.165, 1.54) is 11.3 Å². The maximum Gasteiger partial charge on any atom is 0.399 e. The molecule has 210 valence electrons. The van der Waals surface area contributed by atoms with Crippen molar-refractivity contribution in [2.75, 3.05) is 11.5 Å². The first-order valence-electron chi connectivity index (χ1n) is 11.2. The summed E-state index contributed by atoms with van der Waals surface area (Å²) >= 11 is 17.2. The molecule has 15 heteroatoms. The average Bonchev–Trinajstić information content (AvgIpc) is 3.44. The van der Waals surface area contributed by atoms with Crippen LogP contribution in [0, 0.1) is 0 Å². The molecule has 0 saturated heterocycles. The van der Waals surface area contributed by atoms with E-state index >= 15 is 0 Å². The Hall–Kier alpha value is -2.57. The third kappa shape index (κ3) is 7.58. The maximum absolute atomic E-state index is 12.6. The van der Waals surface area contributed by atoms with Gasteiger partial charge in [-0.25, -0.2) is 9.78 Å². The number of hydrogen-bond donors (Lipinski definition) is 1. The molecule has 0 atom stereocenters. The lowest BCUT2D eigenvalue weighted by Gasteiger charge is -2.23. The van der Waals surface area contributed by atoms with Gasteiger partial charge in [-0.1, -0.05) is 51.3 Å². The molecule has 4 rings (SSSR count). The minimum absolute atomic E-state index is 0.308. The van der Waals surface area contributed by atoms with Crippen molar-refractivity contribution in [3.05, 3.63) is 91.7 Å². The van der Waals surface area contributed by atoms with Gasteiger partial charge >= 0.3 is 13.6 Å². The summed E-state index contributed by atoms with van der Waals surface area (Å²) in [6, 6.07) is 17.0. The van der Waals surface area contributed by atoms with Crippen LogP contribution < -0.4 is 9.64 Å². The molecule has 0 amide bonds. The van der Waals surface area contributed by atoms with E-state index in [4.69, 9.17) is 38.0 Å². The summed E-state index contributed by atoms with van der Waals surface area (Å²) in [5, 5.41) is 12.0. The summed E-state index contributed by atoms with van der Waals surface area (Å²) in [5.74, 6) is -0.652. The van der Waals surface area contributed by atoms with Gasteiger partial charge < -0.3 is 14.7 Å². The predicted molar refractivity (Wildman–Crippen MR) is 153 cm³/mol. The number of aliphatic carboxylic acids is 1. The van der Waals surface area contributed by atoms with Crippen molar-refractivity contribution in [3.8, 4) is 17.0 Å². The fourth-order valence-electron chi connectivity index (χ4n) is 3.58. The first-order valence-corrected chi connectivity index (χ1v) is 15.4. The van der Waals surface area contributed by atoms with Gasteiger partial charge in [0, 0.05) is 21.1 Å². The molecule has 0 bridgehead atoms. The summed E-state index contributed by atoms with van der Waals surface area (Å²) < 4.78 is 49.0. The quantitative estimate of drug-likeness (QED) is 0.147. The van der Waals surface area contributed by atoms with E-state index in [1.54, 1.807) is 60.7 Å². The Labute approximate surface area is 249 Å². The van der Waals surface area contributed by atoms with Gasteiger partial charge in [-0.3, -0.25) is 4.57 Å². The molecule has 40 heavy (non-hydrogen) atoms. The number of thiazole rings is 1. The standard InChI is InChI=1S/C25H18BrCl2F2N2O6PS/c26-20-9-15(1-2-17(20)13-39(35,37-29)38-30)11-32(18-5-8-21(27)22(28)10-18)25-31-23(14-40-25)16-3-6-19(7-4-16)36-12-24(33)34/h1-10,14H,11-13H2,(H,33,34). The molecule has 4 aromatic rings. The van der Waals surface area contributed by atoms with E-state index in [2.05, 4.69) is 25.4 Å². The van der Waals surface area contributed by atoms with Gasteiger partial charge in [0.1, 0.15) is 5.75 Å². The lowest BCUT2D eigenvalue weighted by atomic mass is 10.1. The van der Waals surface area contributed by atoms with Crippen LogP contribution in [0.25, 0.3) is 11.3 Å². The number of rotatable bonds is 12. The Morgan fingerprint density at radius 1 is 1.05 bits per heavy atom. The van der Waals surface area contributed by atoms with Crippen molar-refractivity contribution in [3.63, 3.8) is 0 Å². The van der Waals surface area contributed by atoms with Crippen molar-refractivity contribution in [1.82, 2.24) is 4.98 Å². The van der Waals surface area contributed by atoms with E-state index in [9.17, 15) is 18.4 Å². The van der Waals surface area contributed by atoms with Gasteiger partial charge in [-0.2, -0.15) is 0 Å². The summed E-state index contributed by atoms with van der Waals surface area (Å²) in [4.78, 5) is 17.4. The Bertz CT molecular complexity index is 1550. The lowest BCUT2D eigenvalue weighted by Crippen LogP contribution is -2.16. The van der Waals surface area contributed by atoms with E-state index in [0.717, 1.165) is 11.1 Å². The zero-order valence-corrected chi connectivity index (χ0v) is 24.9. The smallest absolute Gasteiger partial charge is 0.399 e. The van der Waals surface area contributed by atoms with Crippen LogP contribution in [0.15, 0.2) is 70.5 Å². The SMILES string of the molecule is O=C(O)COc1ccc(-c2csc(N(Cc3ccc(CP(=O)(OF)OF)c(Br)c3)c3ccc(Cl)c(Cl)c3)n2)cc1. The number of carbonyl (C=O) groups is 1. The molecule has 0 fully saturated rings. The number of benzene rings is 3. The van der Waals surface area contributed by atoms with Crippen LogP contribution in [-0.4, -0.2) is 22.7 Å². The minimum Gasteiger partial charge on any atom is -0.482 e. The van der Waals surface area contributed by atoms with Crippen molar-refractivity contribution >= 4 is 74.9 Å². The zero-order valence-electron chi connectivity index (χ0n) is 20.1. The number of carboxylic acids is 1. The van der Waals surface area contributed by atoms with Crippen molar-refractivity contribution in [2.45, 2.75) is 12.7 Å². The van der Waals surface area contributed by atoms with Crippen molar-refractivity contribution in [1.29, 1.82) is 0 Å². The molecule has 0 aliphatic rings. The highest BCUT2D eigenvalue weighted by Crippen LogP contribution is 2.53. The predicted octanol–water partition coefficient (Wildman–Crippen LogP) is 9.18. The fourth-order valence-corrected chi connectivity index (χ4v) is 6.32. The molecule has 1 N–H and O–H groups in total.